The molecule has 1 unspecified atom stereocenters. The molecule has 1 aliphatic carbocycles. The minimum absolute atomic E-state index is 0. The molecule has 1 aromatic rings. The van der Waals surface area contributed by atoms with Crippen molar-refractivity contribution in [2.75, 3.05) is 7.11 Å². The van der Waals surface area contributed by atoms with Gasteiger partial charge in [-0.05, 0) is 31.9 Å². The number of hydrogen-bond acceptors (Lipinski definition) is 3. The van der Waals surface area contributed by atoms with Crippen LogP contribution < -0.4 is 20.5 Å². The smallest absolute Gasteiger partial charge is 0.189 e. The Bertz CT molecular complexity index is 586. The van der Waals surface area contributed by atoms with E-state index in [4.69, 9.17) is 15.2 Å². The second-order valence-electron chi connectivity index (χ2n) is 6.59. The Kier molecular flexibility index (Phi) is 7.01. The van der Waals surface area contributed by atoms with Crippen molar-refractivity contribution in [2.24, 2.45) is 10.7 Å². The largest absolute Gasteiger partial charge is 0.496 e. The average Bonchev–Trinajstić information content (AvgIpc) is 2.91. The monoisotopic (exact) mass is 445 g/mol. The van der Waals surface area contributed by atoms with Crippen LogP contribution >= 0.6 is 24.0 Å². The van der Waals surface area contributed by atoms with Gasteiger partial charge in [0, 0.05) is 23.6 Å². The van der Waals surface area contributed by atoms with Gasteiger partial charge in [-0.2, -0.15) is 0 Å². The zero-order valence-corrected chi connectivity index (χ0v) is 16.8. The van der Waals surface area contributed by atoms with Crippen molar-refractivity contribution in [1.29, 1.82) is 0 Å². The van der Waals surface area contributed by atoms with E-state index in [-0.39, 0.29) is 30.1 Å². The van der Waals surface area contributed by atoms with E-state index in [2.05, 4.69) is 23.3 Å². The molecule has 1 aliphatic heterocycles. The van der Waals surface area contributed by atoms with Gasteiger partial charge in [0.15, 0.2) is 5.96 Å². The van der Waals surface area contributed by atoms with Crippen molar-refractivity contribution in [3.8, 4) is 11.5 Å². The van der Waals surface area contributed by atoms with Crippen LogP contribution in [0.1, 0.15) is 50.2 Å². The molecule has 1 fully saturated rings. The molecule has 1 aromatic carbocycles. The van der Waals surface area contributed by atoms with Crippen LogP contribution in [0.2, 0.25) is 0 Å². The van der Waals surface area contributed by atoms with Gasteiger partial charge >= 0.3 is 0 Å². The molecule has 6 heteroatoms. The highest BCUT2D eigenvalue weighted by molar-refractivity contribution is 14.0. The van der Waals surface area contributed by atoms with Crippen molar-refractivity contribution < 1.29 is 9.47 Å². The summed E-state index contributed by atoms with van der Waals surface area (Å²) in [6, 6.07) is 4.57. The Morgan fingerprint density at radius 1 is 1.33 bits per heavy atom. The summed E-state index contributed by atoms with van der Waals surface area (Å²) in [7, 11) is 1.69. The molecule has 0 bridgehead atoms. The average molecular weight is 445 g/mol. The number of nitrogens with zero attached hydrogens (tertiary/aromatic N) is 1. The predicted octanol–water partition coefficient (Wildman–Crippen LogP) is 3.37. The van der Waals surface area contributed by atoms with Gasteiger partial charge < -0.3 is 20.5 Å². The van der Waals surface area contributed by atoms with Gasteiger partial charge in [0.2, 0.25) is 0 Å². The minimum atomic E-state index is 0. The summed E-state index contributed by atoms with van der Waals surface area (Å²) in [6.45, 7) is 2.58. The highest BCUT2D eigenvalue weighted by Crippen LogP contribution is 2.35. The second kappa shape index (κ2) is 8.78. The third kappa shape index (κ3) is 4.68. The summed E-state index contributed by atoms with van der Waals surface area (Å²) >= 11 is 0. The number of rotatable bonds is 4. The lowest BCUT2D eigenvalue weighted by Gasteiger charge is -2.23. The Labute approximate surface area is 161 Å². The van der Waals surface area contributed by atoms with Crippen molar-refractivity contribution in [1.82, 2.24) is 5.32 Å². The number of nitrogens with one attached hydrogen (secondary N) is 1. The standard InChI is InChI=1S/C18H27N3O2.HI/c1-12-8-13-9-16(22-2)14(10-17(13)23-12)11-20-18(19)21-15-6-4-3-5-7-15;/h9-10,12,15H,3-8,11H2,1-2H3,(H3,19,20,21);1H. The lowest BCUT2D eigenvalue weighted by Crippen LogP contribution is -2.41. The first-order valence-corrected chi connectivity index (χ1v) is 8.58. The van der Waals surface area contributed by atoms with Crippen molar-refractivity contribution in [2.45, 2.75) is 64.1 Å². The van der Waals surface area contributed by atoms with Gasteiger partial charge in [0.05, 0.1) is 13.7 Å². The van der Waals surface area contributed by atoms with E-state index < -0.39 is 0 Å². The molecule has 0 amide bonds. The van der Waals surface area contributed by atoms with Gasteiger partial charge in [-0.15, -0.1) is 24.0 Å². The Balaban J connectivity index is 0.00000208. The topological polar surface area (TPSA) is 68.9 Å². The highest BCUT2D eigenvalue weighted by atomic mass is 127. The second-order valence-corrected chi connectivity index (χ2v) is 6.59. The zero-order valence-electron chi connectivity index (χ0n) is 14.5. The molecule has 1 atom stereocenters. The van der Waals surface area contributed by atoms with E-state index in [0.29, 0.717) is 18.5 Å². The van der Waals surface area contributed by atoms with Crippen LogP contribution in [0.5, 0.6) is 11.5 Å². The fraction of sp³-hybridized carbons (Fsp3) is 0.611. The van der Waals surface area contributed by atoms with E-state index in [1.807, 2.05) is 6.07 Å². The Hall–Kier alpha value is -1.18. The quantitative estimate of drug-likeness (QED) is 0.424. The zero-order chi connectivity index (χ0) is 16.2. The molecule has 1 heterocycles. The third-order valence-corrected chi connectivity index (χ3v) is 4.68. The first-order chi connectivity index (χ1) is 11.2. The van der Waals surface area contributed by atoms with Gasteiger partial charge in [-0.1, -0.05) is 19.3 Å². The summed E-state index contributed by atoms with van der Waals surface area (Å²) in [5.74, 6) is 2.33. The predicted molar refractivity (Wildman–Crippen MR) is 108 cm³/mol. The fourth-order valence-electron chi connectivity index (χ4n) is 3.47. The van der Waals surface area contributed by atoms with E-state index in [9.17, 15) is 0 Å². The number of hydrogen-bond donors (Lipinski definition) is 2. The molecule has 0 saturated heterocycles. The molecule has 2 aliphatic rings. The van der Waals surface area contributed by atoms with Crippen LogP contribution in [-0.2, 0) is 13.0 Å². The molecule has 0 aromatic heterocycles. The molecule has 0 radical (unpaired) electrons. The maximum absolute atomic E-state index is 6.05. The van der Waals surface area contributed by atoms with Gasteiger partial charge in [0.25, 0.3) is 0 Å². The van der Waals surface area contributed by atoms with Crippen LogP contribution in [0.15, 0.2) is 17.1 Å². The minimum Gasteiger partial charge on any atom is -0.496 e. The molecule has 5 nitrogen and oxygen atoms in total. The van der Waals surface area contributed by atoms with Crippen molar-refractivity contribution in [3.63, 3.8) is 0 Å². The van der Waals surface area contributed by atoms with Gasteiger partial charge in [-0.25, -0.2) is 4.99 Å². The van der Waals surface area contributed by atoms with E-state index >= 15 is 0 Å². The van der Waals surface area contributed by atoms with Gasteiger partial charge in [0.1, 0.15) is 17.6 Å². The van der Waals surface area contributed by atoms with E-state index in [1.54, 1.807) is 7.11 Å². The number of nitrogens with two attached hydrogens (primary N) is 1. The first-order valence-electron chi connectivity index (χ1n) is 8.58. The number of fused-ring (bicyclic) bond motifs is 1. The van der Waals surface area contributed by atoms with E-state index in [1.165, 1.54) is 37.7 Å². The van der Waals surface area contributed by atoms with Crippen LogP contribution in [-0.4, -0.2) is 25.2 Å². The summed E-state index contributed by atoms with van der Waals surface area (Å²) in [4.78, 5) is 4.49. The molecule has 3 N–H and O–H groups in total. The Morgan fingerprint density at radius 3 is 2.79 bits per heavy atom. The van der Waals surface area contributed by atoms with Gasteiger partial charge in [-0.3, -0.25) is 0 Å². The van der Waals surface area contributed by atoms with Crippen LogP contribution in [0.3, 0.4) is 0 Å². The number of ether oxygens (including phenoxy) is 2. The maximum Gasteiger partial charge on any atom is 0.189 e. The molecule has 3 rings (SSSR count). The Morgan fingerprint density at radius 2 is 2.08 bits per heavy atom. The van der Waals surface area contributed by atoms with Crippen molar-refractivity contribution >= 4 is 29.9 Å². The summed E-state index contributed by atoms with van der Waals surface area (Å²) in [5, 5.41) is 3.34. The summed E-state index contributed by atoms with van der Waals surface area (Å²) in [5.41, 5.74) is 8.26. The van der Waals surface area contributed by atoms with Crippen molar-refractivity contribution in [3.05, 3.63) is 23.3 Å². The number of guanidine groups is 1. The van der Waals surface area contributed by atoms with Crippen LogP contribution in [0, 0.1) is 0 Å². The third-order valence-electron chi connectivity index (χ3n) is 4.68. The molecular weight excluding hydrogens is 417 g/mol. The summed E-state index contributed by atoms with van der Waals surface area (Å²) in [6.07, 6.45) is 7.42. The summed E-state index contributed by atoms with van der Waals surface area (Å²) < 4.78 is 11.3. The SMILES string of the molecule is COc1cc2c(cc1CN=C(N)NC1CCCCC1)OC(C)C2.I. The number of aliphatic imine (C=N–C) groups is 1. The maximum atomic E-state index is 6.05. The van der Waals surface area contributed by atoms with Crippen LogP contribution in [0.4, 0.5) is 0 Å². The fourth-order valence-corrected chi connectivity index (χ4v) is 3.47. The number of methoxy groups -OCH3 is 1. The first kappa shape index (κ1) is 19.1. The number of halogens is 1. The molecule has 0 spiro atoms. The highest BCUT2D eigenvalue weighted by Gasteiger charge is 2.21. The lowest BCUT2D eigenvalue weighted by molar-refractivity contribution is 0.254. The van der Waals surface area contributed by atoms with E-state index in [0.717, 1.165) is 23.5 Å². The molecular formula is C18H28IN3O2. The lowest BCUT2D eigenvalue weighted by atomic mass is 9.96. The molecule has 1 saturated carbocycles. The molecule has 134 valence electrons. The molecule has 24 heavy (non-hydrogen) atoms. The van der Waals surface area contributed by atoms with Crippen LogP contribution in [0.25, 0.3) is 0 Å². The normalized spacial score (nSPS) is 20.8. The number of benzene rings is 1.